The van der Waals surface area contributed by atoms with Crippen LogP contribution in [0.2, 0.25) is 0 Å². The lowest BCUT2D eigenvalue weighted by Gasteiger charge is -2.18. The fourth-order valence-corrected chi connectivity index (χ4v) is 7.61. The van der Waals surface area contributed by atoms with E-state index in [9.17, 15) is 14.4 Å². The predicted molar refractivity (Wildman–Crippen MR) is 247 cm³/mol. The summed E-state index contributed by atoms with van der Waals surface area (Å²) < 4.78 is 16.8. The Balaban J connectivity index is 4.28. The van der Waals surface area contributed by atoms with Crippen LogP contribution in [0.25, 0.3) is 0 Å². The summed E-state index contributed by atoms with van der Waals surface area (Å²) in [7, 11) is 0. The molecule has 0 aromatic heterocycles. The zero-order valence-corrected chi connectivity index (χ0v) is 39.1. The molecule has 0 fully saturated rings. The lowest BCUT2D eigenvalue weighted by Crippen LogP contribution is -2.30. The van der Waals surface area contributed by atoms with Gasteiger partial charge in [0.15, 0.2) is 6.10 Å². The standard InChI is InChI=1S/C52H98O6/c1-4-7-10-13-16-19-22-24-25-26-27-29-30-33-36-39-42-45-51(54)57-48-49(47-56-50(53)44-41-38-35-32-21-18-15-12-9-6-3)58-52(55)46-43-40-37-34-31-28-23-20-17-14-11-8-5-2/h20,23,49H,4-19,21-22,24-48H2,1-3H3/b23-20-. The molecule has 6 nitrogen and oxygen atoms in total. The first-order valence-electron chi connectivity index (χ1n) is 25.7. The second kappa shape index (κ2) is 47.8. The Morgan fingerprint density at radius 1 is 0.328 bits per heavy atom. The molecule has 58 heavy (non-hydrogen) atoms. The van der Waals surface area contributed by atoms with E-state index in [0.29, 0.717) is 19.3 Å². The van der Waals surface area contributed by atoms with Gasteiger partial charge in [0.2, 0.25) is 0 Å². The van der Waals surface area contributed by atoms with Crippen LogP contribution < -0.4 is 0 Å². The van der Waals surface area contributed by atoms with Gasteiger partial charge in [0.25, 0.3) is 0 Å². The Hall–Kier alpha value is -1.85. The molecule has 6 heteroatoms. The van der Waals surface area contributed by atoms with Crippen LogP contribution in [0, 0.1) is 0 Å². The molecule has 0 radical (unpaired) electrons. The highest BCUT2D eigenvalue weighted by atomic mass is 16.6. The molecule has 0 aromatic rings. The second-order valence-corrected chi connectivity index (χ2v) is 17.4. The Kier molecular flexibility index (Phi) is 46.3. The molecule has 342 valence electrons. The maximum atomic E-state index is 12.7. The minimum atomic E-state index is -0.766. The third-order valence-corrected chi connectivity index (χ3v) is 11.5. The van der Waals surface area contributed by atoms with E-state index < -0.39 is 6.10 Å². The maximum Gasteiger partial charge on any atom is 0.306 e. The van der Waals surface area contributed by atoms with Crippen molar-refractivity contribution < 1.29 is 28.6 Å². The van der Waals surface area contributed by atoms with Crippen LogP contribution in [0.1, 0.15) is 284 Å². The van der Waals surface area contributed by atoms with Gasteiger partial charge in [-0.2, -0.15) is 0 Å². The predicted octanol–water partition coefficient (Wildman–Crippen LogP) is 16.6. The van der Waals surface area contributed by atoms with Crippen molar-refractivity contribution in [1.82, 2.24) is 0 Å². The van der Waals surface area contributed by atoms with Crippen LogP contribution in [0.3, 0.4) is 0 Å². The van der Waals surface area contributed by atoms with Crippen molar-refractivity contribution in [1.29, 1.82) is 0 Å². The fourth-order valence-electron chi connectivity index (χ4n) is 7.61. The number of allylic oxidation sites excluding steroid dienone is 2. The monoisotopic (exact) mass is 819 g/mol. The van der Waals surface area contributed by atoms with E-state index in [2.05, 4.69) is 32.9 Å². The van der Waals surface area contributed by atoms with Crippen LogP contribution in [-0.4, -0.2) is 37.2 Å². The van der Waals surface area contributed by atoms with E-state index >= 15 is 0 Å². The molecule has 0 aliphatic carbocycles. The van der Waals surface area contributed by atoms with E-state index in [-0.39, 0.29) is 31.1 Å². The maximum absolute atomic E-state index is 12.7. The highest BCUT2D eigenvalue weighted by Crippen LogP contribution is 2.16. The van der Waals surface area contributed by atoms with Crippen molar-refractivity contribution in [3.05, 3.63) is 12.2 Å². The molecule has 0 saturated carbocycles. The van der Waals surface area contributed by atoms with Crippen LogP contribution in [0.5, 0.6) is 0 Å². The van der Waals surface area contributed by atoms with E-state index in [4.69, 9.17) is 14.2 Å². The molecule has 1 atom stereocenters. The summed E-state index contributed by atoms with van der Waals surface area (Å²) in [6.45, 7) is 6.64. The first-order valence-corrected chi connectivity index (χ1v) is 25.7. The highest BCUT2D eigenvalue weighted by Gasteiger charge is 2.19. The average molecular weight is 819 g/mol. The van der Waals surface area contributed by atoms with Gasteiger partial charge >= 0.3 is 17.9 Å². The quantitative estimate of drug-likeness (QED) is 0.0263. The molecule has 0 heterocycles. The number of carbonyl (C=O) groups is 3. The lowest BCUT2D eigenvalue weighted by atomic mass is 10.0. The van der Waals surface area contributed by atoms with Gasteiger partial charge in [0.05, 0.1) is 0 Å². The smallest absolute Gasteiger partial charge is 0.306 e. The van der Waals surface area contributed by atoms with Crippen LogP contribution in [0.15, 0.2) is 12.2 Å². The van der Waals surface area contributed by atoms with Crippen molar-refractivity contribution in [2.75, 3.05) is 13.2 Å². The molecule has 0 spiro atoms. The molecule has 0 aromatic carbocycles. The second-order valence-electron chi connectivity index (χ2n) is 17.4. The summed E-state index contributed by atoms with van der Waals surface area (Å²) >= 11 is 0. The SMILES string of the molecule is CCCCCC/C=C\CCCCCCCC(=O)OC(COC(=O)CCCCCCCCCCCC)COC(=O)CCCCCCCCCCCCCCCCCCC. The van der Waals surface area contributed by atoms with E-state index in [0.717, 1.165) is 64.2 Å². The molecular formula is C52H98O6. The Bertz CT molecular complexity index is 900. The number of hydrogen-bond donors (Lipinski definition) is 0. The third kappa shape index (κ3) is 45.2. The summed E-state index contributed by atoms with van der Waals surface area (Å²) in [6.07, 6.45) is 51.9. The van der Waals surface area contributed by atoms with Crippen molar-refractivity contribution in [3.8, 4) is 0 Å². The number of unbranched alkanes of at least 4 members (excludes halogenated alkanes) is 34. The van der Waals surface area contributed by atoms with Crippen molar-refractivity contribution in [3.63, 3.8) is 0 Å². The molecule has 1 unspecified atom stereocenters. The van der Waals surface area contributed by atoms with Gasteiger partial charge in [-0.25, -0.2) is 0 Å². The van der Waals surface area contributed by atoms with Gasteiger partial charge in [-0.15, -0.1) is 0 Å². The molecule has 0 aliphatic rings. The highest BCUT2D eigenvalue weighted by molar-refractivity contribution is 5.71. The minimum absolute atomic E-state index is 0.0683. The molecule has 0 rings (SSSR count). The van der Waals surface area contributed by atoms with Crippen LogP contribution in [-0.2, 0) is 28.6 Å². The Morgan fingerprint density at radius 3 is 0.879 bits per heavy atom. The third-order valence-electron chi connectivity index (χ3n) is 11.5. The normalized spacial score (nSPS) is 12.0. The summed E-state index contributed by atoms with van der Waals surface area (Å²) in [5.74, 6) is -0.863. The molecule has 0 bridgehead atoms. The topological polar surface area (TPSA) is 78.9 Å². The zero-order valence-electron chi connectivity index (χ0n) is 39.1. The van der Waals surface area contributed by atoms with Crippen LogP contribution >= 0.6 is 0 Å². The summed E-state index contributed by atoms with van der Waals surface area (Å²) in [5, 5.41) is 0. The van der Waals surface area contributed by atoms with Gasteiger partial charge < -0.3 is 14.2 Å². The van der Waals surface area contributed by atoms with Crippen molar-refractivity contribution >= 4 is 17.9 Å². The Labute approximate surface area is 360 Å². The first-order chi connectivity index (χ1) is 28.5. The number of hydrogen-bond acceptors (Lipinski definition) is 6. The molecule has 0 N–H and O–H groups in total. The van der Waals surface area contributed by atoms with E-state index in [1.54, 1.807) is 0 Å². The molecule has 0 saturated heterocycles. The van der Waals surface area contributed by atoms with Gasteiger partial charge in [0, 0.05) is 19.3 Å². The van der Waals surface area contributed by atoms with Gasteiger partial charge in [0.1, 0.15) is 13.2 Å². The number of esters is 3. The summed E-state index contributed by atoms with van der Waals surface area (Å²) in [4.78, 5) is 37.9. The van der Waals surface area contributed by atoms with Gasteiger partial charge in [-0.1, -0.05) is 232 Å². The van der Waals surface area contributed by atoms with Gasteiger partial charge in [-0.3, -0.25) is 14.4 Å². The van der Waals surface area contributed by atoms with Crippen LogP contribution in [0.4, 0.5) is 0 Å². The summed E-state index contributed by atoms with van der Waals surface area (Å²) in [5.41, 5.74) is 0. The molecule has 0 amide bonds. The number of ether oxygens (including phenoxy) is 3. The number of rotatable bonds is 47. The molecule has 0 aliphatic heterocycles. The molecular weight excluding hydrogens is 721 g/mol. The largest absolute Gasteiger partial charge is 0.462 e. The lowest BCUT2D eigenvalue weighted by molar-refractivity contribution is -0.167. The van der Waals surface area contributed by atoms with Gasteiger partial charge in [-0.05, 0) is 44.9 Å². The van der Waals surface area contributed by atoms with E-state index in [1.807, 2.05) is 0 Å². The minimum Gasteiger partial charge on any atom is -0.462 e. The van der Waals surface area contributed by atoms with Crippen molar-refractivity contribution in [2.45, 2.75) is 290 Å². The first kappa shape index (κ1) is 56.1. The van der Waals surface area contributed by atoms with E-state index in [1.165, 1.54) is 180 Å². The average Bonchev–Trinajstić information content (AvgIpc) is 3.22. The van der Waals surface area contributed by atoms with Crippen molar-refractivity contribution in [2.24, 2.45) is 0 Å². The number of carbonyl (C=O) groups excluding carboxylic acids is 3. The Morgan fingerprint density at radius 2 is 0.569 bits per heavy atom. The fraction of sp³-hybridized carbons (Fsp3) is 0.904. The zero-order chi connectivity index (χ0) is 42.3. The summed E-state index contributed by atoms with van der Waals surface area (Å²) in [6, 6.07) is 0.